The monoisotopic (exact) mass is 220 g/mol. The molecule has 2 saturated heterocycles. The van der Waals surface area contributed by atoms with Gasteiger partial charge in [0.25, 0.3) is 0 Å². The molecule has 0 spiro atoms. The fourth-order valence-corrected chi connectivity index (χ4v) is 3.35. The van der Waals surface area contributed by atoms with E-state index >= 15 is 0 Å². The van der Waals surface area contributed by atoms with Crippen LogP contribution < -0.4 is 0 Å². The highest BCUT2D eigenvalue weighted by molar-refractivity contribution is 4.97. The third-order valence-corrected chi connectivity index (χ3v) is 4.28. The predicted octanol–water partition coefficient (Wildman–Crippen LogP) is 1.96. The van der Waals surface area contributed by atoms with Crippen molar-refractivity contribution in [3.05, 3.63) is 0 Å². The molecule has 3 atom stereocenters. The minimum atomic E-state index is 0.600. The normalized spacial score (nSPS) is 33.3. The van der Waals surface area contributed by atoms with Crippen molar-refractivity contribution in [3.63, 3.8) is 0 Å². The van der Waals surface area contributed by atoms with Gasteiger partial charge in [-0.3, -0.25) is 9.80 Å². The lowest BCUT2D eigenvalue weighted by molar-refractivity contribution is 0.0280. The molecule has 3 unspecified atom stereocenters. The Morgan fingerprint density at radius 3 is 2.94 bits per heavy atom. The molecule has 2 rings (SSSR count). The maximum absolute atomic E-state index is 5.48. The first-order valence-corrected chi connectivity index (χ1v) is 6.69. The number of hydrogen-bond acceptors (Lipinski definition) is 2. The van der Waals surface area contributed by atoms with Crippen molar-refractivity contribution >= 4 is 0 Å². The molecule has 0 aromatic rings. The van der Waals surface area contributed by atoms with Gasteiger partial charge in [-0.1, -0.05) is 6.92 Å². The number of terminal acetylenes is 1. The molecule has 2 heterocycles. The predicted molar refractivity (Wildman–Crippen MR) is 68.3 cm³/mol. The van der Waals surface area contributed by atoms with E-state index in [1.165, 1.54) is 38.9 Å². The van der Waals surface area contributed by atoms with Gasteiger partial charge in [-0.05, 0) is 32.7 Å². The van der Waals surface area contributed by atoms with Gasteiger partial charge in [0.05, 0.1) is 0 Å². The van der Waals surface area contributed by atoms with E-state index in [9.17, 15) is 0 Å². The Hall–Kier alpha value is -0.520. The maximum atomic E-state index is 5.48. The van der Waals surface area contributed by atoms with Crippen molar-refractivity contribution in [1.29, 1.82) is 0 Å². The molecule has 0 aromatic heterocycles. The van der Waals surface area contributed by atoms with Gasteiger partial charge in [0, 0.05) is 37.6 Å². The van der Waals surface area contributed by atoms with Crippen LogP contribution in [0, 0.1) is 12.3 Å². The molecule has 0 radical (unpaired) electrons. The third-order valence-electron chi connectivity index (χ3n) is 4.28. The van der Waals surface area contributed by atoms with Gasteiger partial charge in [-0.25, -0.2) is 0 Å². The van der Waals surface area contributed by atoms with Crippen molar-refractivity contribution in [2.24, 2.45) is 0 Å². The average Bonchev–Trinajstić information content (AvgIpc) is 2.72. The summed E-state index contributed by atoms with van der Waals surface area (Å²) in [6.07, 6.45) is 10.3. The number of rotatable bonds is 3. The van der Waals surface area contributed by atoms with E-state index in [1.807, 2.05) is 0 Å². The molecule has 0 aromatic carbocycles. The lowest BCUT2D eigenvalue weighted by atomic mass is 10.0. The number of piperazine rings is 1. The Balaban J connectivity index is 2.01. The second-order valence-electron chi connectivity index (χ2n) is 5.31. The zero-order valence-corrected chi connectivity index (χ0v) is 10.7. The molecule has 0 N–H and O–H groups in total. The first kappa shape index (κ1) is 12.0. The maximum Gasteiger partial charge on any atom is 0.0242 e. The van der Waals surface area contributed by atoms with Crippen LogP contribution in [-0.2, 0) is 0 Å². The minimum absolute atomic E-state index is 0.600. The number of fused-ring (bicyclic) bond motifs is 1. The summed E-state index contributed by atoms with van der Waals surface area (Å²) in [7, 11) is 0. The molecular weight excluding hydrogens is 196 g/mol. The summed E-state index contributed by atoms with van der Waals surface area (Å²) in [6.45, 7) is 8.41. The zero-order valence-electron chi connectivity index (χ0n) is 10.7. The van der Waals surface area contributed by atoms with Crippen LogP contribution in [0.15, 0.2) is 0 Å². The van der Waals surface area contributed by atoms with Crippen LogP contribution in [0.2, 0.25) is 0 Å². The van der Waals surface area contributed by atoms with E-state index in [0.29, 0.717) is 12.1 Å². The summed E-state index contributed by atoms with van der Waals surface area (Å²) in [6, 6.07) is 2.08. The third kappa shape index (κ3) is 2.26. The zero-order chi connectivity index (χ0) is 11.5. The molecule has 0 amide bonds. The first-order chi connectivity index (χ1) is 7.76. The van der Waals surface area contributed by atoms with Gasteiger partial charge in [0.2, 0.25) is 0 Å². The van der Waals surface area contributed by atoms with Crippen molar-refractivity contribution in [3.8, 4) is 12.3 Å². The smallest absolute Gasteiger partial charge is 0.0242 e. The minimum Gasteiger partial charge on any atom is -0.298 e. The van der Waals surface area contributed by atoms with Gasteiger partial charge in [-0.15, -0.1) is 12.3 Å². The standard InChI is InChI=1S/C14H24N2/c1-4-7-13(5-2)16-11-14-8-6-9-15(14)10-12(16)3/h1,12-14H,5-11H2,2-3H3. The summed E-state index contributed by atoms with van der Waals surface area (Å²) in [5, 5.41) is 0. The fourth-order valence-electron chi connectivity index (χ4n) is 3.35. The molecule has 2 aliphatic rings. The van der Waals surface area contributed by atoms with Crippen LogP contribution in [0.4, 0.5) is 0 Å². The Kier molecular flexibility index (Phi) is 3.89. The van der Waals surface area contributed by atoms with Gasteiger partial charge >= 0.3 is 0 Å². The Morgan fingerprint density at radius 1 is 1.44 bits per heavy atom. The van der Waals surface area contributed by atoms with Crippen LogP contribution in [0.1, 0.15) is 39.5 Å². The fraction of sp³-hybridized carbons (Fsp3) is 0.857. The van der Waals surface area contributed by atoms with E-state index in [0.717, 1.165) is 12.5 Å². The van der Waals surface area contributed by atoms with Crippen LogP contribution in [0.25, 0.3) is 0 Å². The van der Waals surface area contributed by atoms with Crippen LogP contribution in [0.5, 0.6) is 0 Å². The molecule has 2 aliphatic heterocycles. The van der Waals surface area contributed by atoms with Crippen LogP contribution >= 0.6 is 0 Å². The highest BCUT2D eigenvalue weighted by atomic mass is 15.3. The molecule has 0 bridgehead atoms. The summed E-state index contributed by atoms with van der Waals surface area (Å²) in [5.41, 5.74) is 0. The Morgan fingerprint density at radius 2 is 2.25 bits per heavy atom. The highest BCUT2D eigenvalue weighted by Gasteiger charge is 2.36. The van der Waals surface area contributed by atoms with E-state index in [2.05, 4.69) is 29.6 Å². The van der Waals surface area contributed by atoms with Gasteiger partial charge in [0.15, 0.2) is 0 Å². The molecule has 0 saturated carbocycles. The van der Waals surface area contributed by atoms with E-state index < -0.39 is 0 Å². The van der Waals surface area contributed by atoms with E-state index in [-0.39, 0.29) is 0 Å². The number of nitrogens with zero attached hydrogens (tertiary/aromatic N) is 2. The second kappa shape index (κ2) is 5.21. The second-order valence-corrected chi connectivity index (χ2v) is 5.31. The van der Waals surface area contributed by atoms with Crippen LogP contribution in [-0.4, -0.2) is 47.6 Å². The lowest BCUT2D eigenvalue weighted by Gasteiger charge is -2.45. The molecule has 16 heavy (non-hydrogen) atoms. The molecule has 2 nitrogen and oxygen atoms in total. The molecule has 0 aliphatic carbocycles. The Labute approximate surface area is 100.0 Å². The molecule has 90 valence electrons. The molecule has 2 fully saturated rings. The summed E-state index contributed by atoms with van der Waals surface area (Å²) in [4.78, 5) is 5.33. The first-order valence-electron chi connectivity index (χ1n) is 6.69. The van der Waals surface area contributed by atoms with E-state index in [1.54, 1.807) is 0 Å². The van der Waals surface area contributed by atoms with Crippen molar-refractivity contribution in [2.45, 2.75) is 57.7 Å². The summed E-state index contributed by atoms with van der Waals surface area (Å²) in [5.74, 6) is 2.84. The van der Waals surface area contributed by atoms with Crippen molar-refractivity contribution in [2.75, 3.05) is 19.6 Å². The summed E-state index contributed by atoms with van der Waals surface area (Å²) < 4.78 is 0. The van der Waals surface area contributed by atoms with Crippen molar-refractivity contribution in [1.82, 2.24) is 9.80 Å². The largest absolute Gasteiger partial charge is 0.298 e. The van der Waals surface area contributed by atoms with Gasteiger partial charge < -0.3 is 0 Å². The average molecular weight is 220 g/mol. The topological polar surface area (TPSA) is 6.48 Å². The highest BCUT2D eigenvalue weighted by Crippen LogP contribution is 2.27. The lowest BCUT2D eigenvalue weighted by Crippen LogP contribution is -2.57. The van der Waals surface area contributed by atoms with Gasteiger partial charge in [0.1, 0.15) is 0 Å². The van der Waals surface area contributed by atoms with Crippen molar-refractivity contribution < 1.29 is 0 Å². The Bertz CT molecular complexity index is 268. The van der Waals surface area contributed by atoms with Crippen LogP contribution in [0.3, 0.4) is 0 Å². The molecule has 2 heteroatoms. The SMILES string of the molecule is C#CCC(CC)N1CC2CCCN2CC1C. The quantitative estimate of drug-likeness (QED) is 0.671. The van der Waals surface area contributed by atoms with E-state index in [4.69, 9.17) is 6.42 Å². The number of hydrogen-bond donors (Lipinski definition) is 0. The summed E-state index contributed by atoms with van der Waals surface area (Å²) >= 11 is 0. The van der Waals surface area contributed by atoms with Gasteiger partial charge in [-0.2, -0.15) is 0 Å². The molecular formula is C14H24N2.